The lowest BCUT2D eigenvalue weighted by Gasteiger charge is -2.65. The molecule has 6 rings (SSSR count). The molecular formula is C29H42O7. The van der Waals surface area contributed by atoms with E-state index in [1.165, 1.54) is 0 Å². The molecule has 36 heavy (non-hydrogen) atoms. The molecule has 0 spiro atoms. The van der Waals surface area contributed by atoms with Crippen LogP contribution in [0.15, 0.2) is 23.8 Å². The summed E-state index contributed by atoms with van der Waals surface area (Å²) < 4.78 is 17.4. The lowest BCUT2D eigenvalue weighted by molar-refractivity contribution is -0.251. The highest BCUT2D eigenvalue weighted by molar-refractivity contribution is 5.85. The topological polar surface area (TPSA) is 105 Å². The Morgan fingerprint density at radius 3 is 2.56 bits per heavy atom. The molecule has 6 aliphatic rings. The van der Waals surface area contributed by atoms with E-state index in [9.17, 15) is 20.1 Å². The normalized spacial score (nSPS) is 54.3. The van der Waals surface area contributed by atoms with Gasteiger partial charge in [0.1, 0.15) is 6.61 Å². The Labute approximate surface area is 213 Å². The summed E-state index contributed by atoms with van der Waals surface area (Å²) >= 11 is 0. The molecule has 7 heteroatoms. The van der Waals surface area contributed by atoms with Crippen molar-refractivity contribution in [2.75, 3.05) is 6.61 Å². The monoisotopic (exact) mass is 502 g/mol. The van der Waals surface area contributed by atoms with Crippen molar-refractivity contribution in [3.8, 4) is 0 Å². The van der Waals surface area contributed by atoms with Gasteiger partial charge in [-0.2, -0.15) is 0 Å². The van der Waals surface area contributed by atoms with E-state index in [2.05, 4.69) is 13.8 Å². The molecule has 0 bridgehead atoms. The van der Waals surface area contributed by atoms with E-state index in [-0.39, 0.29) is 48.0 Å². The second kappa shape index (κ2) is 8.63. The fraction of sp³-hybridized carbons (Fsp3) is 0.828. The number of hydrogen-bond donors (Lipinski definition) is 3. The van der Waals surface area contributed by atoms with Crippen LogP contribution in [0.3, 0.4) is 0 Å². The Hall–Kier alpha value is -1.25. The van der Waals surface area contributed by atoms with Crippen LogP contribution in [0, 0.1) is 34.5 Å². The van der Waals surface area contributed by atoms with Gasteiger partial charge in [0, 0.05) is 11.5 Å². The number of esters is 1. The van der Waals surface area contributed by atoms with E-state index in [1.54, 1.807) is 12.2 Å². The lowest BCUT2D eigenvalue weighted by atomic mass is 9.42. The third-order valence-corrected chi connectivity index (χ3v) is 11.7. The standard InChI is InChI=1S/C29H42O7/c1-16-23(30)6-7-26(35-16)36-19-8-10-27(2)18(13-19)4-5-21-22(27)14-24(31)28(3)20(9-11-29(21,28)33)17-12-25(32)34-15-17/h6-7,12,16,18-24,26,30-31,33H,4-5,8-11,13-15H2,1-3H3. The van der Waals surface area contributed by atoms with Crippen LogP contribution in [0.2, 0.25) is 0 Å². The summed E-state index contributed by atoms with van der Waals surface area (Å²) in [6, 6.07) is 0. The number of carbonyl (C=O) groups excluding carboxylic acids is 1. The predicted octanol–water partition coefficient (Wildman–Crippen LogP) is 3.26. The van der Waals surface area contributed by atoms with Gasteiger partial charge in [-0.25, -0.2) is 4.79 Å². The van der Waals surface area contributed by atoms with Gasteiger partial charge in [-0.1, -0.05) is 19.9 Å². The third kappa shape index (κ3) is 3.53. The first-order valence-corrected chi connectivity index (χ1v) is 14.0. The number of aliphatic hydroxyl groups excluding tert-OH is 2. The summed E-state index contributed by atoms with van der Waals surface area (Å²) in [5.74, 6) is 0.567. The molecule has 200 valence electrons. The summed E-state index contributed by atoms with van der Waals surface area (Å²) in [6.45, 7) is 6.59. The fourth-order valence-electron chi connectivity index (χ4n) is 9.44. The maximum absolute atomic E-state index is 12.4. The molecular weight excluding hydrogens is 460 g/mol. The minimum absolute atomic E-state index is 0.0241. The summed E-state index contributed by atoms with van der Waals surface area (Å²) in [6.07, 6.45) is 10.5. The second-order valence-electron chi connectivity index (χ2n) is 13.0. The molecule has 4 saturated carbocycles. The summed E-state index contributed by atoms with van der Waals surface area (Å²) in [5.41, 5.74) is -0.610. The van der Waals surface area contributed by atoms with E-state index in [1.807, 2.05) is 13.0 Å². The van der Waals surface area contributed by atoms with E-state index in [0.29, 0.717) is 18.8 Å². The van der Waals surface area contributed by atoms with Crippen molar-refractivity contribution in [2.45, 2.75) is 108 Å². The van der Waals surface area contributed by atoms with Crippen molar-refractivity contribution in [2.24, 2.45) is 34.5 Å². The summed E-state index contributed by atoms with van der Waals surface area (Å²) in [4.78, 5) is 11.8. The van der Waals surface area contributed by atoms with Crippen molar-refractivity contribution >= 4 is 5.97 Å². The van der Waals surface area contributed by atoms with E-state index >= 15 is 0 Å². The summed E-state index contributed by atoms with van der Waals surface area (Å²) in [7, 11) is 0. The molecule has 2 heterocycles. The highest BCUT2D eigenvalue weighted by atomic mass is 16.7. The maximum Gasteiger partial charge on any atom is 0.331 e. The molecule has 2 aliphatic heterocycles. The highest BCUT2D eigenvalue weighted by Gasteiger charge is 2.70. The van der Waals surface area contributed by atoms with E-state index in [4.69, 9.17) is 14.2 Å². The van der Waals surface area contributed by atoms with Crippen molar-refractivity contribution in [1.82, 2.24) is 0 Å². The van der Waals surface area contributed by atoms with Crippen LogP contribution in [0.4, 0.5) is 0 Å². The minimum Gasteiger partial charge on any atom is -0.458 e. The quantitative estimate of drug-likeness (QED) is 0.402. The second-order valence-corrected chi connectivity index (χ2v) is 13.0. The number of rotatable bonds is 3. The average molecular weight is 503 g/mol. The van der Waals surface area contributed by atoms with Crippen molar-refractivity contribution in [3.05, 3.63) is 23.8 Å². The Bertz CT molecular complexity index is 961. The zero-order chi connectivity index (χ0) is 25.5. The molecule has 0 radical (unpaired) electrons. The molecule has 0 aromatic carbocycles. The average Bonchev–Trinajstić information content (AvgIpc) is 3.38. The first kappa shape index (κ1) is 25.1. The van der Waals surface area contributed by atoms with Crippen molar-refractivity contribution in [3.63, 3.8) is 0 Å². The number of aliphatic hydroxyl groups is 3. The molecule has 0 amide bonds. The molecule has 3 N–H and O–H groups in total. The number of fused-ring (bicyclic) bond motifs is 5. The molecule has 12 atom stereocenters. The predicted molar refractivity (Wildman–Crippen MR) is 131 cm³/mol. The lowest BCUT2D eigenvalue weighted by Crippen LogP contribution is -2.67. The van der Waals surface area contributed by atoms with Gasteiger partial charge in [-0.15, -0.1) is 0 Å². The zero-order valence-electron chi connectivity index (χ0n) is 21.8. The molecule has 4 aliphatic carbocycles. The first-order chi connectivity index (χ1) is 17.1. The van der Waals surface area contributed by atoms with Crippen LogP contribution in [-0.4, -0.2) is 64.2 Å². The molecule has 12 unspecified atom stereocenters. The van der Waals surface area contributed by atoms with Gasteiger partial charge >= 0.3 is 5.97 Å². The van der Waals surface area contributed by atoms with Gasteiger partial charge in [0.15, 0.2) is 6.29 Å². The third-order valence-electron chi connectivity index (χ3n) is 11.7. The number of cyclic esters (lactones) is 1. The fourth-order valence-corrected chi connectivity index (χ4v) is 9.44. The Morgan fingerprint density at radius 2 is 1.83 bits per heavy atom. The largest absolute Gasteiger partial charge is 0.458 e. The number of hydrogen-bond acceptors (Lipinski definition) is 7. The van der Waals surface area contributed by atoms with Gasteiger partial charge in [-0.3, -0.25) is 0 Å². The Kier molecular flexibility index (Phi) is 6.01. The molecule has 4 fully saturated rings. The first-order valence-electron chi connectivity index (χ1n) is 14.0. The molecule has 7 nitrogen and oxygen atoms in total. The maximum atomic E-state index is 12.4. The smallest absolute Gasteiger partial charge is 0.331 e. The van der Waals surface area contributed by atoms with E-state index < -0.39 is 29.5 Å². The van der Waals surface area contributed by atoms with Gasteiger partial charge in [0.05, 0.1) is 30.0 Å². The number of carbonyl (C=O) groups is 1. The van der Waals surface area contributed by atoms with Crippen LogP contribution in [0.1, 0.15) is 72.1 Å². The zero-order valence-corrected chi connectivity index (χ0v) is 21.8. The van der Waals surface area contributed by atoms with Gasteiger partial charge in [0.25, 0.3) is 0 Å². The Balaban J connectivity index is 1.20. The van der Waals surface area contributed by atoms with Crippen molar-refractivity contribution in [1.29, 1.82) is 0 Å². The molecule has 0 aromatic heterocycles. The molecule has 0 saturated heterocycles. The number of ether oxygens (including phenoxy) is 3. The molecule has 0 aromatic rings. The van der Waals surface area contributed by atoms with Crippen LogP contribution in [0.5, 0.6) is 0 Å². The van der Waals surface area contributed by atoms with Crippen LogP contribution in [-0.2, 0) is 19.0 Å². The van der Waals surface area contributed by atoms with Crippen LogP contribution < -0.4 is 0 Å². The SMILES string of the molecule is CC1OC(OC2CCC3(C)C(CCC4C3CC(O)C3(C)C(C5=CC(=O)OC5)CCC43O)C2)C=CC1O. The van der Waals surface area contributed by atoms with Gasteiger partial charge in [-0.05, 0) is 99.0 Å². The van der Waals surface area contributed by atoms with Crippen LogP contribution >= 0.6 is 0 Å². The minimum atomic E-state index is -0.939. The van der Waals surface area contributed by atoms with Gasteiger partial charge < -0.3 is 29.5 Å². The van der Waals surface area contributed by atoms with E-state index in [0.717, 1.165) is 44.1 Å². The van der Waals surface area contributed by atoms with Gasteiger partial charge in [0.2, 0.25) is 0 Å². The highest BCUT2D eigenvalue weighted by Crippen LogP contribution is 2.70. The summed E-state index contributed by atoms with van der Waals surface area (Å²) in [5, 5.41) is 33.9. The van der Waals surface area contributed by atoms with Crippen molar-refractivity contribution < 1.29 is 34.3 Å². The Morgan fingerprint density at radius 1 is 1.03 bits per heavy atom. The van der Waals surface area contributed by atoms with Crippen LogP contribution in [0.25, 0.3) is 0 Å².